The van der Waals surface area contributed by atoms with Gasteiger partial charge in [0.15, 0.2) is 0 Å². The third-order valence-corrected chi connectivity index (χ3v) is 2.43. The molecule has 0 aliphatic rings. The summed E-state index contributed by atoms with van der Waals surface area (Å²) in [7, 11) is 1.25. The number of hydrogen-bond acceptors (Lipinski definition) is 2. The van der Waals surface area contributed by atoms with Gasteiger partial charge in [0.2, 0.25) is 0 Å². The van der Waals surface area contributed by atoms with E-state index in [1.165, 1.54) is 7.05 Å². The molecule has 17 heavy (non-hydrogen) atoms. The molecule has 7 heteroatoms. The fourth-order valence-electron chi connectivity index (χ4n) is 1.53. The van der Waals surface area contributed by atoms with E-state index >= 15 is 0 Å². The van der Waals surface area contributed by atoms with Gasteiger partial charge in [-0.15, -0.1) is 0 Å². The number of nitrogens with zero attached hydrogens (tertiary/aromatic N) is 1. The molecular formula is C10H7F3N2O2. The van der Waals surface area contributed by atoms with Gasteiger partial charge in [0, 0.05) is 7.05 Å². The van der Waals surface area contributed by atoms with Crippen molar-refractivity contribution in [2.75, 3.05) is 0 Å². The largest absolute Gasteiger partial charge is 0.416 e. The molecule has 2 aromatic rings. The Morgan fingerprint density at radius 1 is 1.24 bits per heavy atom. The summed E-state index contributed by atoms with van der Waals surface area (Å²) in [4.78, 5) is 24.6. The zero-order chi connectivity index (χ0) is 12.8. The first kappa shape index (κ1) is 11.4. The summed E-state index contributed by atoms with van der Waals surface area (Å²) in [6, 6.07) is 2.80. The van der Waals surface area contributed by atoms with Crippen molar-refractivity contribution < 1.29 is 13.2 Å². The summed E-state index contributed by atoms with van der Waals surface area (Å²) in [6.07, 6.45) is -4.49. The Labute approximate surface area is 92.3 Å². The van der Waals surface area contributed by atoms with Gasteiger partial charge in [-0.05, 0) is 18.2 Å². The number of nitrogens with one attached hydrogen (secondary N) is 1. The normalized spacial score (nSPS) is 12.0. The molecule has 0 atom stereocenters. The Morgan fingerprint density at radius 3 is 2.47 bits per heavy atom. The number of benzene rings is 1. The van der Waals surface area contributed by atoms with Gasteiger partial charge in [0.05, 0.1) is 16.6 Å². The van der Waals surface area contributed by atoms with Gasteiger partial charge in [-0.1, -0.05) is 0 Å². The maximum atomic E-state index is 12.5. The quantitative estimate of drug-likeness (QED) is 0.709. The number of aromatic amines is 1. The number of alkyl halides is 3. The fourth-order valence-corrected chi connectivity index (χ4v) is 1.53. The lowest BCUT2D eigenvalue weighted by molar-refractivity contribution is -0.137. The zero-order valence-electron chi connectivity index (χ0n) is 8.63. The minimum absolute atomic E-state index is 0.0319. The topological polar surface area (TPSA) is 54.9 Å². The van der Waals surface area contributed by atoms with Gasteiger partial charge in [-0.2, -0.15) is 13.2 Å². The zero-order valence-corrected chi connectivity index (χ0v) is 8.63. The van der Waals surface area contributed by atoms with Gasteiger partial charge in [-0.3, -0.25) is 9.59 Å². The summed E-state index contributed by atoms with van der Waals surface area (Å²) in [5.41, 5.74) is -2.40. The monoisotopic (exact) mass is 244 g/mol. The Morgan fingerprint density at radius 2 is 1.88 bits per heavy atom. The smallest absolute Gasteiger partial charge is 0.316 e. The second kappa shape index (κ2) is 3.47. The van der Waals surface area contributed by atoms with Crippen molar-refractivity contribution in [1.29, 1.82) is 0 Å². The molecule has 0 radical (unpaired) electrons. The molecule has 0 amide bonds. The Bertz CT molecular complexity index is 697. The van der Waals surface area contributed by atoms with E-state index in [9.17, 15) is 22.8 Å². The standard InChI is InChI=1S/C10H7F3N2O2/c1-15-7-4-5(10(11,12)13)2-3-6(7)14-8(16)9(15)17/h2-4H,1H3,(H,14,16). The predicted molar refractivity (Wildman–Crippen MR) is 54.8 cm³/mol. The molecule has 0 fully saturated rings. The van der Waals surface area contributed by atoms with E-state index in [0.29, 0.717) is 0 Å². The molecule has 1 aromatic carbocycles. The molecule has 0 saturated heterocycles. The SMILES string of the molecule is Cn1c(=O)c(=O)[nH]c2ccc(C(F)(F)F)cc21. The molecule has 2 rings (SSSR count). The van der Waals surface area contributed by atoms with Gasteiger partial charge in [0.1, 0.15) is 0 Å². The Balaban J connectivity index is 2.87. The predicted octanol–water partition coefficient (Wildman–Crippen LogP) is 1.25. The third kappa shape index (κ3) is 1.83. The first-order valence-corrected chi connectivity index (χ1v) is 4.61. The number of hydrogen-bond donors (Lipinski definition) is 1. The number of fused-ring (bicyclic) bond motifs is 1. The first-order valence-electron chi connectivity index (χ1n) is 4.61. The summed E-state index contributed by atoms with van der Waals surface area (Å²) in [6.45, 7) is 0. The number of H-pyrrole nitrogens is 1. The maximum absolute atomic E-state index is 12.5. The van der Waals surface area contributed by atoms with Crippen LogP contribution >= 0.6 is 0 Å². The van der Waals surface area contributed by atoms with Crippen LogP contribution in [0.3, 0.4) is 0 Å². The molecule has 0 aliphatic heterocycles. The third-order valence-electron chi connectivity index (χ3n) is 2.43. The molecule has 90 valence electrons. The molecule has 0 saturated carbocycles. The Kier molecular flexibility index (Phi) is 2.34. The highest BCUT2D eigenvalue weighted by Gasteiger charge is 2.30. The summed E-state index contributed by atoms with van der Waals surface area (Å²) < 4.78 is 38.3. The molecule has 4 nitrogen and oxygen atoms in total. The van der Waals surface area contributed by atoms with Crippen molar-refractivity contribution in [2.24, 2.45) is 7.05 Å². The number of rotatable bonds is 0. The van der Waals surface area contributed by atoms with Crippen molar-refractivity contribution in [2.45, 2.75) is 6.18 Å². The van der Waals surface area contributed by atoms with Crippen molar-refractivity contribution in [3.05, 3.63) is 44.5 Å². The summed E-state index contributed by atoms with van der Waals surface area (Å²) in [5.74, 6) is 0. The molecule has 0 spiro atoms. The van der Waals surface area contributed by atoms with Crippen LogP contribution in [-0.4, -0.2) is 9.55 Å². The Hall–Kier alpha value is -2.05. The van der Waals surface area contributed by atoms with E-state index in [1.54, 1.807) is 0 Å². The number of aromatic nitrogens is 2. The van der Waals surface area contributed by atoms with Crippen LogP contribution < -0.4 is 11.1 Å². The molecule has 1 N–H and O–H groups in total. The van der Waals surface area contributed by atoms with Crippen molar-refractivity contribution in [1.82, 2.24) is 9.55 Å². The number of aryl methyl sites for hydroxylation is 1. The second-order valence-corrected chi connectivity index (χ2v) is 3.55. The lowest BCUT2D eigenvalue weighted by Crippen LogP contribution is -2.34. The summed E-state index contributed by atoms with van der Waals surface area (Å²) in [5, 5.41) is 0. The van der Waals surface area contributed by atoms with Crippen LogP contribution in [0.5, 0.6) is 0 Å². The maximum Gasteiger partial charge on any atom is 0.416 e. The minimum atomic E-state index is -4.49. The van der Waals surface area contributed by atoms with E-state index in [4.69, 9.17) is 0 Å². The van der Waals surface area contributed by atoms with Gasteiger partial charge < -0.3 is 9.55 Å². The van der Waals surface area contributed by atoms with E-state index in [-0.39, 0.29) is 11.0 Å². The molecular weight excluding hydrogens is 237 g/mol. The van der Waals surface area contributed by atoms with Crippen LogP contribution in [0.25, 0.3) is 11.0 Å². The van der Waals surface area contributed by atoms with Gasteiger partial charge in [-0.25, -0.2) is 0 Å². The second-order valence-electron chi connectivity index (χ2n) is 3.55. The van der Waals surface area contributed by atoms with E-state index in [1.807, 2.05) is 0 Å². The van der Waals surface area contributed by atoms with Gasteiger partial charge >= 0.3 is 17.3 Å². The van der Waals surface area contributed by atoms with Crippen molar-refractivity contribution >= 4 is 11.0 Å². The lowest BCUT2D eigenvalue weighted by atomic mass is 10.2. The molecule has 1 heterocycles. The van der Waals surface area contributed by atoms with Crippen LogP contribution in [-0.2, 0) is 13.2 Å². The molecule has 0 aliphatic carbocycles. The number of halogens is 3. The van der Waals surface area contributed by atoms with E-state index in [0.717, 1.165) is 22.8 Å². The van der Waals surface area contributed by atoms with Crippen LogP contribution in [0.15, 0.2) is 27.8 Å². The highest BCUT2D eigenvalue weighted by molar-refractivity contribution is 5.75. The average Bonchev–Trinajstić information content (AvgIpc) is 2.24. The lowest BCUT2D eigenvalue weighted by Gasteiger charge is -2.09. The van der Waals surface area contributed by atoms with Crippen molar-refractivity contribution in [3.8, 4) is 0 Å². The van der Waals surface area contributed by atoms with Crippen molar-refractivity contribution in [3.63, 3.8) is 0 Å². The van der Waals surface area contributed by atoms with Crippen LogP contribution in [0.1, 0.15) is 5.56 Å². The van der Waals surface area contributed by atoms with Crippen LogP contribution in [0.2, 0.25) is 0 Å². The average molecular weight is 244 g/mol. The van der Waals surface area contributed by atoms with E-state index < -0.39 is 22.9 Å². The van der Waals surface area contributed by atoms with E-state index in [2.05, 4.69) is 4.98 Å². The fraction of sp³-hybridized carbons (Fsp3) is 0.200. The first-order chi connectivity index (χ1) is 7.80. The van der Waals surface area contributed by atoms with Gasteiger partial charge in [0.25, 0.3) is 0 Å². The highest BCUT2D eigenvalue weighted by Crippen LogP contribution is 2.30. The molecule has 0 bridgehead atoms. The molecule has 0 unspecified atom stereocenters. The van der Waals surface area contributed by atoms with Crippen LogP contribution in [0.4, 0.5) is 13.2 Å². The minimum Gasteiger partial charge on any atom is -0.316 e. The highest BCUT2D eigenvalue weighted by atomic mass is 19.4. The molecule has 1 aromatic heterocycles. The summed E-state index contributed by atoms with van der Waals surface area (Å²) >= 11 is 0. The van der Waals surface area contributed by atoms with Crippen LogP contribution in [0, 0.1) is 0 Å².